The minimum Gasteiger partial charge on any atom is -0.480 e. The normalized spacial score (nSPS) is 12.1. The Morgan fingerprint density at radius 3 is 1.36 bits per heavy atom. The number of rotatable bonds is 44. The smallest absolute Gasteiger partial charge is 0.326 e. The second-order valence-corrected chi connectivity index (χ2v) is 14.6. The van der Waals surface area contributed by atoms with Gasteiger partial charge in [-0.1, -0.05) is 96.8 Å². The van der Waals surface area contributed by atoms with Gasteiger partial charge in [0.1, 0.15) is 25.3 Å². The minimum absolute atomic E-state index is 0.0154. The van der Waals surface area contributed by atoms with Crippen molar-refractivity contribution < 1.29 is 63.1 Å². The molecule has 0 spiro atoms. The van der Waals surface area contributed by atoms with E-state index >= 15 is 0 Å². The van der Waals surface area contributed by atoms with Crippen LogP contribution in [0.25, 0.3) is 0 Å². The topological polar surface area (TPSA) is 260 Å². The molecule has 18 heteroatoms. The van der Waals surface area contributed by atoms with Gasteiger partial charge in [0.25, 0.3) is 0 Å². The van der Waals surface area contributed by atoms with E-state index in [2.05, 4.69) is 28.2 Å². The average molecular weight is 848 g/mol. The molecule has 1 unspecified atom stereocenters. The number of carbonyl (C=O) groups is 6. The van der Waals surface area contributed by atoms with E-state index in [1.54, 1.807) is 5.48 Å². The molecular weight excluding hydrogens is 770 g/mol. The van der Waals surface area contributed by atoms with Crippen molar-refractivity contribution in [3.63, 3.8) is 0 Å². The van der Waals surface area contributed by atoms with Crippen molar-refractivity contribution in [2.45, 2.75) is 154 Å². The molecule has 0 aliphatic rings. The summed E-state index contributed by atoms with van der Waals surface area (Å²) < 4.78 is 21.2. The fourth-order valence-electron chi connectivity index (χ4n) is 5.89. The largest absolute Gasteiger partial charge is 0.480 e. The summed E-state index contributed by atoms with van der Waals surface area (Å²) in [5.74, 6) is -3.62. The van der Waals surface area contributed by atoms with Gasteiger partial charge in [0, 0.05) is 32.5 Å². The summed E-state index contributed by atoms with van der Waals surface area (Å²) in [4.78, 5) is 70.6. The number of nitrogens with one attached hydrogen (secondary N) is 5. The number of carboxylic acids is 2. The van der Waals surface area contributed by atoms with Gasteiger partial charge in [-0.05, 0) is 32.1 Å². The Balaban J connectivity index is 3.66. The van der Waals surface area contributed by atoms with Crippen LogP contribution in [0.2, 0.25) is 0 Å². The van der Waals surface area contributed by atoms with Gasteiger partial charge in [0.05, 0.1) is 39.6 Å². The van der Waals surface area contributed by atoms with Crippen LogP contribution in [0.4, 0.5) is 0 Å². The quantitative estimate of drug-likeness (QED) is 0.0322. The monoisotopic (exact) mass is 848 g/mol. The highest BCUT2D eigenvalue weighted by Gasteiger charge is 2.21. The first-order valence-electron chi connectivity index (χ1n) is 21.9. The predicted octanol–water partition coefficient (Wildman–Crippen LogP) is 3.61. The van der Waals surface area contributed by atoms with Gasteiger partial charge in [-0.2, -0.15) is 5.48 Å². The fourth-order valence-corrected chi connectivity index (χ4v) is 5.89. The Hall–Kier alpha value is -3.42. The van der Waals surface area contributed by atoms with Crippen molar-refractivity contribution in [3.8, 4) is 0 Å². The Morgan fingerprint density at radius 1 is 0.441 bits per heavy atom. The first kappa shape index (κ1) is 55.6. The third-order valence-corrected chi connectivity index (χ3v) is 9.34. The zero-order valence-corrected chi connectivity index (χ0v) is 35.7. The Kier molecular flexibility index (Phi) is 38.9. The van der Waals surface area contributed by atoms with Crippen LogP contribution in [0.1, 0.15) is 142 Å². The summed E-state index contributed by atoms with van der Waals surface area (Å²) in [7, 11) is 0. The molecule has 0 heterocycles. The molecule has 18 nitrogen and oxygen atoms in total. The Morgan fingerprint density at radius 2 is 0.881 bits per heavy atom. The lowest BCUT2D eigenvalue weighted by Crippen LogP contribution is -2.41. The molecule has 0 aromatic carbocycles. The lowest BCUT2D eigenvalue weighted by atomic mass is 10.0. The van der Waals surface area contributed by atoms with E-state index in [0.29, 0.717) is 25.8 Å². The summed E-state index contributed by atoms with van der Waals surface area (Å²) in [6, 6.07) is -2.16. The third kappa shape index (κ3) is 38.5. The number of ether oxygens (including phenoxy) is 4. The first-order chi connectivity index (χ1) is 28.6. The number of unbranched alkanes of at least 4 members (excludes halogenated alkanes) is 15. The summed E-state index contributed by atoms with van der Waals surface area (Å²) in [5, 5.41) is 37.6. The van der Waals surface area contributed by atoms with E-state index in [-0.39, 0.29) is 115 Å². The molecule has 8 N–H and O–H groups in total. The van der Waals surface area contributed by atoms with Crippen LogP contribution >= 0.6 is 0 Å². The number of hydroxylamine groups is 1. The maximum absolute atomic E-state index is 12.3. The summed E-state index contributed by atoms with van der Waals surface area (Å²) in [6.07, 6.45) is 19.9. The molecule has 0 aromatic heterocycles. The Bertz CT molecular complexity index is 1100. The molecular formula is C41H77N5O13. The molecule has 0 saturated heterocycles. The molecule has 0 aromatic rings. The average Bonchev–Trinajstić information content (AvgIpc) is 3.20. The van der Waals surface area contributed by atoms with E-state index in [1.165, 1.54) is 70.6 Å². The molecule has 0 saturated carbocycles. The molecule has 4 amide bonds. The van der Waals surface area contributed by atoms with E-state index in [0.717, 1.165) is 19.3 Å². The van der Waals surface area contributed by atoms with Gasteiger partial charge < -0.3 is 55.6 Å². The number of hydrogen-bond donors (Lipinski definition) is 8. The fraction of sp³-hybridized carbons (Fsp3) is 0.854. The lowest BCUT2D eigenvalue weighted by molar-refractivity contribution is -0.143. The Labute approximate surface area is 351 Å². The van der Waals surface area contributed by atoms with Crippen LogP contribution in [-0.4, -0.2) is 136 Å². The van der Waals surface area contributed by atoms with Crippen LogP contribution in [-0.2, 0) is 47.7 Å². The van der Waals surface area contributed by atoms with Crippen LogP contribution in [0, 0.1) is 0 Å². The maximum atomic E-state index is 12.3. The van der Waals surface area contributed by atoms with Gasteiger partial charge in [-0.3, -0.25) is 24.0 Å². The minimum atomic E-state index is -1.17. The van der Waals surface area contributed by atoms with E-state index in [1.807, 2.05) is 0 Å². The van der Waals surface area contributed by atoms with Crippen LogP contribution in [0.3, 0.4) is 0 Å². The van der Waals surface area contributed by atoms with Crippen molar-refractivity contribution in [1.82, 2.24) is 26.7 Å². The summed E-state index contributed by atoms with van der Waals surface area (Å²) in [6.45, 7) is 3.96. The third-order valence-electron chi connectivity index (χ3n) is 9.34. The molecule has 0 rings (SSSR count). The predicted molar refractivity (Wildman–Crippen MR) is 221 cm³/mol. The van der Waals surface area contributed by atoms with Crippen LogP contribution < -0.4 is 26.7 Å². The standard InChI is InChI=1S/C41H77N5O13/c1-2-3-4-5-6-7-8-9-10-11-12-13-14-15-16-20-37(48)45-34(40(51)52)21-22-36(47)43-24-26-56-28-31-59-33-39(50)44-25-27-57-29-30-58-32-38(49)42-23-18-17-19-35(46-55)41(53)54/h34-35,46,55H,2-33H2,1H3,(H,42,49)(H,43,47)(H,44,50)(H,45,48)(H,51,52)(H,53,54)/t34?,35-/m0/s1. The van der Waals surface area contributed by atoms with E-state index in [4.69, 9.17) is 29.3 Å². The summed E-state index contributed by atoms with van der Waals surface area (Å²) >= 11 is 0. The molecule has 344 valence electrons. The first-order valence-corrected chi connectivity index (χ1v) is 21.9. The van der Waals surface area contributed by atoms with Gasteiger partial charge in [0.15, 0.2) is 0 Å². The van der Waals surface area contributed by atoms with Crippen LogP contribution in [0.15, 0.2) is 0 Å². The van der Waals surface area contributed by atoms with E-state index in [9.17, 15) is 33.9 Å². The van der Waals surface area contributed by atoms with Crippen molar-refractivity contribution in [2.75, 3.05) is 72.5 Å². The second-order valence-electron chi connectivity index (χ2n) is 14.6. The molecule has 59 heavy (non-hydrogen) atoms. The van der Waals surface area contributed by atoms with Crippen molar-refractivity contribution in [3.05, 3.63) is 0 Å². The van der Waals surface area contributed by atoms with Gasteiger partial charge in [-0.15, -0.1) is 0 Å². The summed E-state index contributed by atoms with van der Waals surface area (Å²) in [5.41, 5.74) is 1.72. The number of amides is 4. The molecule has 0 fully saturated rings. The lowest BCUT2D eigenvalue weighted by Gasteiger charge is -2.14. The SMILES string of the molecule is CCCCCCCCCCCCCCCCCC(=O)NC(CCC(=O)NCCOCCOCC(=O)NCCOCCOCC(=O)NCCCC[C@H](NO)C(=O)O)C(=O)O. The van der Waals surface area contributed by atoms with Crippen molar-refractivity contribution >= 4 is 35.6 Å². The molecule has 0 aliphatic carbocycles. The molecule has 2 atom stereocenters. The van der Waals surface area contributed by atoms with E-state index < -0.39 is 24.0 Å². The zero-order valence-electron chi connectivity index (χ0n) is 35.7. The molecule has 0 aliphatic heterocycles. The van der Waals surface area contributed by atoms with Gasteiger partial charge >= 0.3 is 11.9 Å². The van der Waals surface area contributed by atoms with Gasteiger partial charge in [0.2, 0.25) is 23.6 Å². The number of aliphatic carboxylic acids is 2. The highest BCUT2D eigenvalue weighted by Crippen LogP contribution is 2.14. The molecule has 0 bridgehead atoms. The number of hydrogen-bond acceptors (Lipinski definition) is 12. The van der Waals surface area contributed by atoms with Gasteiger partial charge in [-0.25, -0.2) is 4.79 Å². The zero-order chi connectivity index (χ0) is 43.6. The van der Waals surface area contributed by atoms with Crippen molar-refractivity contribution in [1.29, 1.82) is 0 Å². The maximum Gasteiger partial charge on any atom is 0.326 e. The number of carboxylic acid groups (broad SMARTS) is 2. The highest BCUT2D eigenvalue weighted by atomic mass is 16.5. The molecule has 0 radical (unpaired) electrons. The highest BCUT2D eigenvalue weighted by molar-refractivity contribution is 5.84. The second kappa shape index (κ2) is 41.3. The van der Waals surface area contributed by atoms with Crippen LogP contribution in [0.5, 0.6) is 0 Å². The number of carbonyl (C=O) groups excluding carboxylic acids is 4. The van der Waals surface area contributed by atoms with Crippen molar-refractivity contribution in [2.24, 2.45) is 0 Å².